The number of hydrogen-bond acceptors (Lipinski definition) is 3. The van der Waals surface area contributed by atoms with Crippen LogP contribution in [-0.2, 0) is 17.5 Å². The predicted octanol–water partition coefficient (Wildman–Crippen LogP) is 1.92. The zero-order valence-corrected chi connectivity index (χ0v) is 11.9. The fourth-order valence-electron chi connectivity index (χ4n) is 2.16. The SMILES string of the molecule is [2H]N1C(=O)OC[C@]1([2H])Cc1ccc2c(c1)c(C([2H])([2H])C([2H])([2H])N(C)C)cn2[2H]. The summed E-state index contributed by atoms with van der Waals surface area (Å²) in [5.41, 5.74) is 0.947. The van der Waals surface area contributed by atoms with Crippen molar-refractivity contribution in [3.8, 4) is 0 Å². The first-order chi connectivity index (χ1) is 12.8. The van der Waals surface area contributed by atoms with Crippen molar-refractivity contribution in [3.63, 3.8) is 0 Å². The number of aromatic nitrogens is 1. The zero-order valence-electron chi connectivity index (χ0n) is 18.9. The summed E-state index contributed by atoms with van der Waals surface area (Å²) in [6, 6.07) is 3.19. The highest BCUT2D eigenvalue weighted by atomic mass is 16.6. The van der Waals surface area contributed by atoms with E-state index in [-0.39, 0.29) is 18.6 Å². The summed E-state index contributed by atoms with van der Waals surface area (Å²) in [5, 5.41) is 0.811. The van der Waals surface area contributed by atoms with E-state index < -0.39 is 25.0 Å². The van der Waals surface area contributed by atoms with Gasteiger partial charge in [-0.2, -0.15) is 0 Å². The number of H-pyrrole nitrogens is 1. The molecule has 1 aromatic heterocycles. The minimum Gasteiger partial charge on any atom is -0.447 e. The fraction of sp³-hybridized carbons (Fsp3) is 0.438. The van der Waals surface area contributed by atoms with E-state index in [1.54, 1.807) is 18.2 Å². The number of alkyl carbamates (subject to hydrolysis) is 1. The Labute approximate surface area is 134 Å². The van der Waals surface area contributed by atoms with Crippen molar-refractivity contribution in [1.82, 2.24) is 15.2 Å². The molecule has 0 unspecified atom stereocenters. The van der Waals surface area contributed by atoms with Gasteiger partial charge in [0.1, 0.15) is 6.61 Å². The number of likely N-dealkylation sites (N-methyl/N-ethyl adjacent to an activating group) is 1. The second-order valence-electron chi connectivity index (χ2n) is 5.06. The van der Waals surface area contributed by atoms with Crippen LogP contribution < -0.4 is 5.31 Å². The molecule has 3 rings (SSSR count). The molecule has 0 bridgehead atoms. The monoisotopic (exact) mass is 294 g/mol. The summed E-state index contributed by atoms with van der Waals surface area (Å²) >= 11 is 0. The van der Waals surface area contributed by atoms with E-state index in [1.807, 2.05) is 0 Å². The summed E-state index contributed by atoms with van der Waals surface area (Å²) in [6.07, 6.45) is -2.11. The average molecular weight is 294 g/mol. The lowest BCUT2D eigenvalue weighted by Crippen LogP contribution is -2.28. The molecule has 112 valence electrons. The van der Waals surface area contributed by atoms with Gasteiger partial charge in [-0.3, -0.25) is 0 Å². The number of aryl methyl sites for hydroxylation is 1. The van der Waals surface area contributed by atoms with Crippen molar-refractivity contribution in [3.05, 3.63) is 35.5 Å². The Bertz CT molecular complexity index is 930. The van der Waals surface area contributed by atoms with Gasteiger partial charge in [0.2, 0.25) is 0 Å². The van der Waals surface area contributed by atoms with Crippen molar-refractivity contribution in [2.45, 2.75) is 18.8 Å². The van der Waals surface area contributed by atoms with Gasteiger partial charge in [-0.1, -0.05) is 6.07 Å². The third kappa shape index (κ3) is 3.19. The summed E-state index contributed by atoms with van der Waals surface area (Å²) in [4.78, 5) is 13.5. The standard InChI is InChI=1S/C16H21N3O2/c1-19(2)6-5-12-9-17-15-4-3-11(8-14(12)15)7-13-10-21-16(20)18-13/h3-4,8-9,13,17H,5-7,10H2,1-2H3,(H,18,20)/t13-/m0/s1/i5D2,6D2,13D/hD2. The first kappa shape index (κ1) is 7.84. The van der Waals surface area contributed by atoms with Crippen LogP contribution >= 0.6 is 0 Å². The summed E-state index contributed by atoms with van der Waals surface area (Å²) in [5.74, 6) is 0. The van der Waals surface area contributed by atoms with Gasteiger partial charge in [-0.25, -0.2) is 4.79 Å². The normalized spacial score (nSPS) is 28.4. The molecule has 1 amide bonds. The van der Waals surface area contributed by atoms with Crippen molar-refractivity contribution >= 4 is 17.0 Å². The molecule has 5 heteroatoms. The molecule has 1 fully saturated rings. The molecule has 2 aromatic rings. The van der Waals surface area contributed by atoms with Crippen LogP contribution in [0.25, 0.3) is 10.9 Å². The number of benzene rings is 1. The van der Waals surface area contributed by atoms with E-state index >= 15 is 0 Å². The van der Waals surface area contributed by atoms with Crippen LogP contribution in [0.3, 0.4) is 0 Å². The smallest absolute Gasteiger partial charge is 0.407 e. The highest BCUT2D eigenvalue weighted by Crippen LogP contribution is 2.21. The third-order valence-corrected chi connectivity index (χ3v) is 3.12. The molecule has 1 aliphatic rings. The van der Waals surface area contributed by atoms with Crippen LogP contribution in [0.5, 0.6) is 0 Å². The summed E-state index contributed by atoms with van der Waals surface area (Å²) in [7, 11) is 2.87. The van der Waals surface area contributed by atoms with Gasteiger partial charge < -0.3 is 19.9 Å². The highest BCUT2D eigenvalue weighted by Gasteiger charge is 2.22. The van der Waals surface area contributed by atoms with Crippen molar-refractivity contribution in [1.29, 1.82) is 0 Å². The van der Waals surface area contributed by atoms with Crippen LogP contribution in [0.1, 0.15) is 18.0 Å². The van der Waals surface area contributed by atoms with Gasteiger partial charge in [0, 0.05) is 29.1 Å². The predicted molar refractivity (Wildman–Crippen MR) is 82.5 cm³/mol. The van der Waals surface area contributed by atoms with E-state index in [4.69, 9.17) is 14.4 Å². The van der Waals surface area contributed by atoms with Crippen LogP contribution in [0.4, 0.5) is 4.79 Å². The van der Waals surface area contributed by atoms with Gasteiger partial charge in [0.15, 0.2) is 2.82 Å². The number of hydrogen-bond donors (Lipinski definition) is 2. The van der Waals surface area contributed by atoms with Gasteiger partial charge in [-0.15, -0.1) is 0 Å². The molecule has 2 N–H and O–H groups in total. The fourth-order valence-corrected chi connectivity index (χ4v) is 2.16. The molecule has 1 atom stereocenters. The molecule has 1 saturated heterocycles. The molecular weight excluding hydrogens is 266 g/mol. The largest absolute Gasteiger partial charge is 0.447 e. The molecule has 0 aliphatic carbocycles. The van der Waals surface area contributed by atoms with E-state index in [1.165, 1.54) is 20.3 Å². The first-order valence-electron chi connectivity index (χ1n) is 9.98. The number of ether oxygens (including phenoxy) is 1. The maximum Gasteiger partial charge on any atom is 0.407 e. The second-order valence-corrected chi connectivity index (χ2v) is 5.06. The number of nitrogens with one attached hydrogen (secondary N) is 2. The molecule has 21 heavy (non-hydrogen) atoms. The Kier molecular flexibility index (Phi) is 2.16. The van der Waals surface area contributed by atoms with Crippen LogP contribution in [-0.4, -0.2) is 49.2 Å². The van der Waals surface area contributed by atoms with E-state index in [9.17, 15) is 4.79 Å². The molecule has 5 nitrogen and oxygen atoms in total. The third-order valence-electron chi connectivity index (χ3n) is 3.12. The second kappa shape index (κ2) is 5.77. The van der Waals surface area contributed by atoms with Crippen LogP contribution in [0, 0.1) is 0 Å². The van der Waals surface area contributed by atoms with Gasteiger partial charge >= 0.3 is 6.09 Å². The number of fused-ring (bicyclic) bond motifs is 1. The number of cyclic esters (lactones) is 1. The number of rotatable bonds is 5. The average Bonchev–Trinajstić information content (AvgIpc) is 3.07. The number of carbonyl (C=O) groups is 1. The molecule has 2 heterocycles. The summed E-state index contributed by atoms with van der Waals surface area (Å²) < 4.78 is 61.9. The lowest BCUT2D eigenvalue weighted by molar-refractivity contribution is 0.177. The number of carbonyl (C=O) groups excluding carboxylic acids is 1. The molecule has 1 aliphatic heterocycles. The Morgan fingerprint density at radius 2 is 2.43 bits per heavy atom. The minimum atomic E-state index is -2.42. The Morgan fingerprint density at radius 3 is 3.14 bits per heavy atom. The summed E-state index contributed by atoms with van der Waals surface area (Å²) in [6.45, 7) is -2.60. The number of aromatic amines is 1. The van der Waals surface area contributed by atoms with E-state index in [2.05, 4.69) is 0 Å². The van der Waals surface area contributed by atoms with Crippen molar-refractivity contribution in [2.24, 2.45) is 0 Å². The first-order valence-corrected chi connectivity index (χ1v) is 6.58. The Morgan fingerprint density at radius 1 is 1.57 bits per heavy atom. The van der Waals surface area contributed by atoms with E-state index in [0.717, 1.165) is 9.88 Å². The van der Waals surface area contributed by atoms with Crippen LogP contribution in [0.2, 0.25) is 2.82 Å². The molecule has 1 aromatic carbocycles. The quantitative estimate of drug-likeness (QED) is 0.886. The minimum absolute atomic E-state index is 0.0126. The number of amides is 1. The lowest BCUT2D eigenvalue weighted by Gasteiger charge is -2.09. The maximum atomic E-state index is 11.4. The molecule has 0 spiro atoms. The lowest BCUT2D eigenvalue weighted by atomic mass is 10.0. The van der Waals surface area contributed by atoms with Gasteiger partial charge in [-0.05, 0) is 50.1 Å². The van der Waals surface area contributed by atoms with Crippen LogP contribution in [0.15, 0.2) is 24.4 Å². The Hall–Kier alpha value is -2.01. The molecule has 0 saturated carbocycles. The van der Waals surface area contributed by atoms with Gasteiger partial charge in [0.25, 0.3) is 0 Å². The van der Waals surface area contributed by atoms with Crippen molar-refractivity contribution in [2.75, 3.05) is 27.2 Å². The number of nitrogens with zero attached hydrogens (tertiary/aromatic N) is 1. The van der Waals surface area contributed by atoms with E-state index in [0.29, 0.717) is 21.8 Å². The molecular formula is C16H21N3O2. The maximum absolute atomic E-state index is 11.4. The molecule has 0 radical (unpaired) electrons. The Balaban J connectivity index is 2.07. The van der Waals surface area contributed by atoms with Gasteiger partial charge in [0.05, 0.1) is 7.39 Å². The van der Waals surface area contributed by atoms with Crippen molar-refractivity contribution < 1.29 is 19.2 Å². The zero-order chi connectivity index (χ0) is 21.1. The highest BCUT2D eigenvalue weighted by molar-refractivity contribution is 5.84. The topological polar surface area (TPSA) is 57.4 Å².